The van der Waals surface area contributed by atoms with Crippen LogP contribution in [-0.4, -0.2) is 52.5 Å². The summed E-state index contributed by atoms with van der Waals surface area (Å²) in [6.07, 6.45) is 8.07. The predicted octanol–water partition coefficient (Wildman–Crippen LogP) is 1.67. The van der Waals surface area contributed by atoms with E-state index < -0.39 is 4.92 Å². The Hall–Kier alpha value is -1.96. The summed E-state index contributed by atoms with van der Waals surface area (Å²) in [7, 11) is 0. The summed E-state index contributed by atoms with van der Waals surface area (Å²) < 4.78 is 0. The average molecular weight is 320 g/mol. The van der Waals surface area contributed by atoms with E-state index in [1.54, 1.807) is 0 Å². The number of rotatable bonds is 4. The Morgan fingerprint density at radius 2 is 1.91 bits per heavy atom. The number of nitrogen functional groups attached to an aromatic ring is 1. The smallest absolute Gasteiger partial charge is 0.329 e. The molecule has 126 valence electrons. The molecule has 2 aliphatic rings. The van der Waals surface area contributed by atoms with Crippen LogP contribution >= 0.6 is 0 Å². The minimum atomic E-state index is -0.554. The predicted molar refractivity (Wildman–Crippen MR) is 88.3 cm³/mol. The molecule has 1 aliphatic heterocycles. The topological polar surface area (TPSA) is 101 Å². The maximum Gasteiger partial charge on any atom is 0.329 e. The van der Waals surface area contributed by atoms with Crippen molar-refractivity contribution in [3.8, 4) is 0 Å². The van der Waals surface area contributed by atoms with Crippen LogP contribution in [0.2, 0.25) is 0 Å². The van der Waals surface area contributed by atoms with Gasteiger partial charge in [0.25, 0.3) is 0 Å². The zero-order chi connectivity index (χ0) is 16.2. The number of nitro groups is 1. The van der Waals surface area contributed by atoms with Gasteiger partial charge in [0.2, 0.25) is 11.8 Å². The SMILES string of the molecule is Nc1nc(N2CCN(CC3CCCCC3)CC2)ncc1[N+](=O)[O-]. The molecule has 1 saturated heterocycles. The van der Waals surface area contributed by atoms with Crippen LogP contribution in [0.5, 0.6) is 0 Å². The molecule has 1 aromatic rings. The highest BCUT2D eigenvalue weighted by molar-refractivity contribution is 5.53. The number of piperazine rings is 1. The molecule has 1 aromatic heterocycles. The highest BCUT2D eigenvalue weighted by Crippen LogP contribution is 2.25. The fourth-order valence-corrected chi connectivity index (χ4v) is 3.54. The zero-order valence-electron chi connectivity index (χ0n) is 13.4. The van der Waals surface area contributed by atoms with Gasteiger partial charge >= 0.3 is 5.69 Å². The van der Waals surface area contributed by atoms with Crippen LogP contribution in [0.1, 0.15) is 32.1 Å². The Morgan fingerprint density at radius 3 is 2.52 bits per heavy atom. The van der Waals surface area contributed by atoms with Crippen LogP contribution in [0.25, 0.3) is 0 Å². The molecule has 0 amide bonds. The van der Waals surface area contributed by atoms with E-state index in [0.717, 1.165) is 32.1 Å². The molecule has 0 atom stereocenters. The molecule has 2 N–H and O–H groups in total. The quantitative estimate of drug-likeness (QED) is 0.665. The molecular formula is C15H24N6O2. The lowest BCUT2D eigenvalue weighted by molar-refractivity contribution is -0.384. The molecule has 0 spiro atoms. The maximum atomic E-state index is 10.8. The van der Waals surface area contributed by atoms with Gasteiger partial charge in [0.15, 0.2) is 0 Å². The van der Waals surface area contributed by atoms with Gasteiger partial charge in [-0.1, -0.05) is 19.3 Å². The van der Waals surface area contributed by atoms with E-state index in [1.165, 1.54) is 44.8 Å². The van der Waals surface area contributed by atoms with Crippen molar-refractivity contribution in [2.75, 3.05) is 43.4 Å². The third-order valence-corrected chi connectivity index (χ3v) is 4.88. The van der Waals surface area contributed by atoms with E-state index in [0.29, 0.717) is 5.95 Å². The van der Waals surface area contributed by atoms with Crippen molar-refractivity contribution in [3.05, 3.63) is 16.3 Å². The van der Waals surface area contributed by atoms with E-state index in [-0.39, 0.29) is 11.5 Å². The lowest BCUT2D eigenvalue weighted by Crippen LogP contribution is -2.48. The Balaban J connectivity index is 1.54. The second-order valence-electron chi connectivity index (χ2n) is 6.49. The van der Waals surface area contributed by atoms with Crippen molar-refractivity contribution in [2.24, 2.45) is 5.92 Å². The molecule has 0 radical (unpaired) electrons. The van der Waals surface area contributed by atoms with Gasteiger partial charge in [-0.25, -0.2) is 4.98 Å². The number of nitrogens with two attached hydrogens (primary N) is 1. The first-order valence-corrected chi connectivity index (χ1v) is 8.37. The molecule has 8 heteroatoms. The van der Waals surface area contributed by atoms with Crippen molar-refractivity contribution >= 4 is 17.5 Å². The van der Waals surface area contributed by atoms with Gasteiger partial charge in [-0.2, -0.15) is 4.98 Å². The Bertz CT molecular complexity index is 553. The molecule has 3 rings (SSSR count). The molecule has 2 heterocycles. The van der Waals surface area contributed by atoms with E-state index in [2.05, 4.69) is 19.8 Å². The second kappa shape index (κ2) is 7.08. The van der Waals surface area contributed by atoms with Gasteiger partial charge in [0.05, 0.1) is 4.92 Å². The van der Waals surface area contributed by atoms with Crippen molar-refractivity contribution in [1.82, 2.24) is 14.9 Å². The van der Waals surface area contributed by atoms with Gasteiger partial charge in [-0.05, 0) is 18.8 Å². The summed E-state index contributed by atoms with van der Waals surface area (Å²) in [5.74, 6) is 1.27. The van der Waals surface area contributed by atoms with Crippen LogP contribution in [-0.2, 0) is 0 Å². The molecule has 1 aliphatic carbocycles. The lowest BCUT2D eigenvalue weighted by atomic mass is 9.89. The molecule has 23 heavy (non-hydrogen) atoms. The van der Waals surface area contributed by atoms with Crippen LogP contribution in [0.15, 0.2) is 6.20 Å². The third kappa shape index (κ3) is 3.87. The van der Waals surface area contributed by atoms with Crippen LogP contribution < -0.4 is 10.6 Å². The molecule has 8 nitrogen and oxygen atoms in total. The van der Waals surface area contributed by atoms with Gasteiger partial charge in [-0.15, -0.1) is 0 Å². The second-order valence-corrected chi connectivity index (χ2v) is 6.49. The van der Waals surface area contributed by atoms with Crippen molar-refractivity contribution in [3.63, 3.8) is 0 Å². The van der Waals surface area contributed by atoms with E-state index in [1.807, 2.05) is 0 Å². The fraction of sp³-hybridized carbons (Fsp3) is 0.733. The van der Waals surface area contributed by atoms with Gasteiger partial charge in [0, 0.05) is 32.7 Å². The van der Waals surface area contributed by atoms with Gasteiger partial charge in [0.1, 0.15) is 6.20 Å². The van der Waals surface area contributed by atoms with Crippen LogP contribution in [0.3, 0.4) is 0 Å². The highest BCUT2D eigenvalue weighted by Gasteiger charge is 2.24. The maximum absolute atomic E-state index is 10.8. The van der Waals surface area contributed by atoms with E-state index in [4.69, 9.17) is 5.73 Å². The Morgan fingerprint density at radius 1 is 1.22 bits per heavy atom. The standard InChI is InChI=1S/C15H24N6O2/c16-14-13(21(22)23)10-17-15(18-14)20-8-6-19(7-9-20)11-12-4-2-1-3-5-12/h10,12H,1-9,11H2,(H2,16,17,18). The number of hydrogen-bond donors (Lipinski definition) is 1. The summed E-state index contributed by atoms with van der Waals surface area (Å²) in [4.78, 5) is 23.0. The number of nitrogens with zero attached hydrogens (tertiary/aromatic N) is 5. The Kier molecular flexibility index (Phi) is 4.90. The third-order valence-electron chi connectivity index (χ3n) is 4.88. The normalized spacial score (nSPS) is 20.6. The fourth-order valence-electron chi connectivity index (χ4n) is 3.54. The van der Waals surface area contributed by atoms with Gasteiger partial charge < -0.3 is 10.6 Å². The van der Waals surface area contributed by atoms with Crippen molar-refractivity contribution in [1.29, 1.82) is 0 Å². The summed E-state index contributed by atoms with van der Waals surface area (Å²) in [5.41, 5.74) is 5.42. The van der Waals surface area contributed by atoms with Gasteiger partial charge in [-0.3, -0.25) is 15.0 Å². The number of aromatic nitrogens is 2. The first-order valence-electron chi connectivity index (χ1n) is 8.37. The van der Waals surface area contributed by atoms with E-state index in [9.17, 15) is 10.1 Å². The molecule has 0 aromatic carbocycles. The first-order chi connectivity index (χ1) is 11.1. The summed E-state index contributed by atoms with van der Waals surface area (Å²) in [5, 5.41) is 10.8. The highest BCUT2D eigenvalue weighted by atomic mass is 16.6. The average Bonchev–Trinajstić information content (AvgIpc) is 2.56. The molecule has 0 unspecified atom stereocenters. The molecule has 0 bridgehead atoms. The monoisotopic (exact) mass is 320 g/mol. The van der Waals surface area contributed by atoms with Crippen LogP contribution in [0, 0.1) is 16.0 Å². The van der Waals surface area contributed by atoms with E-state index >= 15 is 0 Å². The summed E-state index contributed by atoms with van der Waals surface area (Å²) in [6.45, 7) is 4.83. The summed E-state index contributed by atoms with van der Waals surface area (Å²) in [6, 6.07) is 0. The largest absolute Gasteiger partial charge is 0.378 e. The lowest BCUT2D eigenvalue weighted by Gasteiger charge is -2.37. The first kappa shape index (κ1) is 15.9. The number of hydrogen-bond acceptors (Lipinski definition) is 7. The van der Waals surface area contributed by atoms with Crippen molar-refractivity contribution in [2.45, 2.75) is 32.1 Å². The van der Waals surface area contributed by atoms with Crippen LogP contribution in [0.4, 0.5) is 17.5 Å². The zero-order valence-corrected chi connectivity index (χ0v) is 13.4. The van der Waals surface area contributed by atoms with Crippen molar-refractivity contribution < 1.29 is 4.92 Å². The molecular weight excluding hydrogens is 296 g/mol. The molecule has 1 saturated carbocycles. The minimum Gasteiger partial charge on any atom is -0.378 e. The summed E-state index contributed by atoms with van der Waals surface area (Å²) >= 11 is 0. The Labute approximate surface area is 135 Å². The number of anilines is 2. The minimum absolute atomic E-state index is 0.0652. The molecule has 2 fully saturated rings.